The molecule has 16 heavy (non-hydrogen) atoms. The van der Waals surface area contributed by atoms with Crippen molar-refractivity contribution in [2.24, 2.45) is 0 Å². The molecule has 0 bridgehead atoms. The van der Waals surface area contributed by atoms with Crippen molar-refractivity contribution < 1.29 is 4.39 Å². The maximum absolute atomic E-state index is 13.2. The van der Waals surface area contributed by atoms with Gasteiger partial charge in [-0.2, -0.15) is 0 Å². The van der Waals surface area contributed by atoms with Crippen LogP contribution in [-0.4, -0.2) is 0 Å². The van der Waals surface area contributed by atoms with Crippen molar-refractivity contribution in [3.63, 3.8) is 0 Å². The molecule has 2 rings (SSSR count). The molecule has 1 heteroatoms. The molecular weight excluding hydrogens is 199 g/mol. The van der Waals surface area contributed by atoms with Crippen LogP contribution in [0.1, 0.15) is 33.3 Å². The highest BCUT2D eigenvalue weighted by Crippen LogP contribution is 2.20. The highest BCUT2D eigenvalue weighted by molar-refractivity contribution is 5.85. The highest BCUT2D eigenvalue weighted by atomic mass is 19.1. The molecule has 0 N–H and O–H groups in total. The topological polar surface area (TPSA) is 0 Å². The minimum Gasteiger partial charge on any atom is -0.206 e. The highest BCUT2D eigenvalue weighted by Gasteiger charge is 2.00. The van der Waals surface area contributed by atoms with Gasteiger partial charge >= 0.3 is 0 Å². The van der Waals surface area contributed by atoms with Crippen molar-refractivity contribution in [3.05, 3.63) is 47.8 Å². The molecule has 0 atom stereocenters. The van der Waals surface area contributed by atoms with Crippen molar-refractivity contribution >= 4 is 10.8 Å². The standard InChI is InChI=1S/C11H9F.2C2H6/c1-8-6-7-11(12)10-5-3-2-4-9(8)10;2*1-2/h2-7H,1H3;2*1-2H3. The Morgan fingerprint density at radius 1 is 0.750 bits per heavy atom. The minimum atomic E-state index is -0.142. The summed E-state index contributed by atoms with van der Waals surface area (Å²) < 4.78 is 13.2. The summed E-state index contributed by atoms with van der Waals surface area (Å²) in [7, 11) is 0. The molecule has 0 radical (unpaired) electrons. The molecule has 0 aliphatic carbocycles. The molecule has 0 saturated heterocycles. The van der Waals surface area contributed by atoms with E-state index >= 15 is 0 Å². The largest absolute Gasteiger partial charge is 0.206 e. The summed E-state index contributed by atoms with van der Waals surface area (Å²) in [5.74, 6) is -0.142. The third-order valence-electron chi connectivity index (χ3n) is 2.09. The minimum absolute atomic E-state index is 0.142. The molecule has 0 spiro atoms. The predicted octanol–water partition coefficient (Wildman–Crippen LogP) is 5.34. The van der Waals surface area contributed by atoms with Crippen LogP contribution in [0.2, 0.25) is 0 Å². The second-order valence-corrected chi connectivity index (χ2v) is 2.91. The van der Waals surface area contributed by atoms with Gasteiger partial charge in [0.25, 0.3) is 0 Å². The average molecular weight is 220 g/mol. The lowest BCUT2D eigenvalue weighted by Crippen LogP contribution is -1.81. The molecule has 88 valence electrons. The summed E-state index contributed by atoms with van der Waals surface area (Å²) in [5, 5.41) is 1.70. The Balaban J connectivity index is 0.000000509. The first-order valence-electron chi connectivity index (χ1n) is 5.93. The van der Waals surface area contributed by atoms with Crippen molar-refractivity contribution in [2.75, 3.05) is 0 Å². The van der Waals surface area contributed by atoms with Crippen LogP contribution in [0.5, 0.6) is 0 Å². The summed E-state index contributed by atoms with van der Waals surface area (Å²) in [6, 6.07) is 10.8. The molecular formula is C15H21F. The van der Waals surface area contributed by atoms with Gasteiger partial charge in [0.05, 0.1) is 0 Å². The lowest BCUT2D eigenvalue weighted by Gasteiger charge is -2.01. The number of fused-ring (bicyclic) bond motifs is 1. The quantitative estimate of drug-likeness (QED) is 0.562. The van der Waals surface area contributed by atoms with Crippen LogP contribution >= 0.6 is 0 Å². The Morgan fingerprint density at radius 3 is 1.75 bits per heavy atom. The molecule has 0 amide bonds. The monoisotopic (exact) mass is 220 g/mol. The number of hydrogen-bond donors (Lipinski definition) is 0. The zero-order valence-corrected chi connectivity index (χ0v) is 10.8. The first-order chi connectivity index (χ1) is 7.79. The molecule has 0 nitrogen and oxygen atoms in total. The lowest BCUT2D eigenvalue weighted by molar-refractivity contribution is 0.639. The molecule has 2 aromatic rings. The zero-order chi connectivity index (χ0) is 12.6. The molecule has 2 aromatic carbocycles. The maximum Gasteiger partial charge on any atom is 0.131 e. The third-order valence-corrected chi connectivity index (χ3v) is 2.09. The summed E-state index contributed by atoms with van der Waals surface area (Å²) in [6.07, 6.45) is 0. The van der Waals surface area contributed by atoms with Gasteiger partial charge in [-0.1, -0.05) is 58.0 Å². The summed E-state index contributed by atoms with van der Waals surface area (Å²) >= 11 is 0. The summed E-state index contributed by atoms with van der Waals surface area (Å²) in [5.41, 5.74) is 1.12. The van der Waals surface area contributed by atoms with Gasteiger partial charge in [-0.15, -0.1) is 0 Å². The second-order valence-electron chi connectivity index (χ2n) is 2.91. The van der Waals surface area contributed by atoms with Crippen molar-refractivity contribution in [2.45, 2.75) is 34.6 Å². The number of halogens is 1. The van der Waals surface area contributed by atoms with E-state index in [1.165, 1.54) is 6.07 Å². The summed E-state index contributed by atoms with van der Waals surface area (Å²) in [6.45, 7) is 9.99. The van der Waals surface area contributed by atoms with Gasteiger partial charge in [0, 0.05) is 5.39 Å². The fourth-order valence-corrected chi connectivity index (χ4v) is 1.41. The van der Waals surface area contributed by atoms with Crippen molar-refractivity contribution in [1.82, 2.24) is 0 Å². The van der Waals surface area contributed by atoms with Gasteiger partial charge < -0.3 is 0 Å². The van der Waals surface area contributed by atoms with Crippen LogP contribution in [0.15, 0.2) is 36.4 Å². The normalized spacial score (nSPS) is 8.62. The number of benzene rings is 2. The molecule has 0 aromatic heterocycles. The first-order valence-corrected chi connectivity index (χ1v) is 5.93. The van der Waals surface area contributed by atoms with Crippen LogP contribution in [0.25, 0.3) is 10.8 Å². The van der Waals surface area contributed by atoms with Crippen LogP contribution < -0.4 is 0 Å². The van der Waals surface area contributed by atoms with Gasteiger partial charge in [-0.25, -0.2) is 4.39 Å². The van der Waals surface area contributed by atoms with Crippen LogP contribution in [0.3, 0.4) is 0 Å². The fraction of sp³-hybridized carbons (Fsp3) is 0.333. The van der Waals surface area contributed by atoms with Crippen LogP contribution in [0, 0.1) is 12.7 Å². The molecule has 0 aliphatic rings. The van der Waals surface area contributed by atoms with Crippen molar-refractivity contribution in [1.29, 1.82) is 0 Å². The Bertz CT molecular complexity index is 378. The average Bonchev–Trinajstić information content (AvgIpc) is 2.39. The molecule has 0 heterocycles. The maximum atomic E-state index is 13.2. The summed E-state index contributed by atoms with van der Waals surface area (Å²) in [4.78, 5) is 0. The van der Waals surface area contributed by atoms with E-state index in [4.69, 9.17) is 0 Å². The van der Waals surface area contributed by atoms with Gasteiger partial charge in [-0.05, 0) is 23.9 Å². The Labute approximate surface area is 98.1 Å². The van der Waals surface area contributed by atoms with Gasteiger partial charge in [0.2, 0.25) is 0 Å². The molecule has 0 fully saturated rings. The van der Waals surface area contributed by atoms with E-state index in [1.54, 1.807) is 12.1 Å². The Morgan fingerprint density at radius 2 is 1.25 bits per heavy atom. The SMILES string of the molecule is CC.CC.Cc1ccc(F)c2ccccc12. The van der Waals surface area contributed by atoms with Gasteiger partial charge in [-0.3, -0.25) is 0 Å². The van der Waals surface area contributed by atoms with Gasteiger partial charge in [0.1, 0.15) is 5.82 Å². The Kier molecular flexibility index (Phi) is 7.19. The van der Waals surface area contributed by atoms with E-state index < -0.39 is 0 Å². The van der Waals surface area contributed by atoms with E-state index in [-0.39, 0.29) is 5.82 Å². The van der Waals surface area contributed by atoms with E-state index in [2.05, 4.69) is 0 Å². The fourth-order valence-electron chi connectivity index (χ4n) is 1.41. The van der Waals surface area contributed by atoms with E-state index in [9.17, 15) is 4.39 Å². The molecule has 0 unspecified atom stereocenters. The van der Waals surface area contributed by atoms with E-state index in [0.717, 1.165) is 10.9 Å². The smallest absolute Gasteiger partial charge is 0.131 e. The molecule has 0 aliphatic heterocycles. The predicted molar refractivity (Wildman–Crippen MR) is 71.3 cm³/mol. The zero-order valence-electron chi connectivity index (χ0n) is 10.8. The van der Waals surface area contributed by atoms with Gasteiger partial charge in [0.15, 0.2) is 0 Å². The Hall–Kier alpha value is -1.37. The third kappa shape index (κ3) is 3.34. The number of hydrogen-bond acceptors (Lipinski definition) is 0. The number of aryl methyl sites for hydroxylation is 1. The molecule has 0 saturated carbocycles. The number of rotatable bonds is 0. The first kappa shape index (κ1) is 14.6. The second kappa shape index (κ2) is 7.86. The van der Waals surface area contributed by atoms with Crippen molar-refractivity contribution in [3.8, 4) is 0 Å². The van der Waals surface area contributed by atoms with E-state index in [0.29, 0.717) is 5.39 Å². The van der Waals surface area contributed by atoms with Crippen LogP contribution in [0.4, 0.5) is 4.39 Å². The van der Waals surface area contributed by atoms with Crippen LogP contribution in [-0.2, 0) is 0 Å². The lowest BCUT2D eigenvalue weighted by atomic mass is 10.1. The van der Waals surface area contributed by atoms with E-state index in [1.807, 2.05) is 52.8 Å².